The molecule has 0 bridgehead atoms. The number of aromatic nitrogens is 2. The number of hydrogen-bond acceptors (Lipinski definition) is 5. The molecule has 2 atom stereocenters. The van der Waals surface area contributed by atoms with Crippen LogP contribution in [0, 0.1) is 5.92 Å². The third kappa shape index (κ3) is 5.98. The van der Waals surface area contributed by atoms with Crippen molar-refractivity contribution in [3.05, 3.63) is 46.8 Å². The molecule has 1 aliphatic rings. The van der Waals surface area contributed by atoms with Crippen LogP contribution in [0.15, 0.2) is 41.1 Å². The van der Waals surface area contributed by atoms with E-state index in [9.17, 15) is 14.4 Å². The number of pyridine rings is 2. The lowest BCUT2D eigenvalue weighted by Gasteiger charge is -2.28. The van der Waals surface area contributed by atoms with Crippen molar-refractivity contribution in [3.8, 4) is 0 Å². The second kappa shape index (κ2) is 9.46. The van der Waals surface area contributed by atoms with Gasteiger partial charge >= 0.3 is 6.09 Å². The first kappa shape index (κ1) is 20.7. The topological polar surface area (TPSA) is 133 Å². The fourth-order valence-electron chi connectivity index (χ4n) is 3.23. The van der Waals surface area contributed by atoms with E-state index in [0.717, 1.165) is 12.8 Å². The third-order valence-electron chi connectivity index (χ3n) is 4.59. The monoisotopic (exact) mass is 461 g/mol. The van der Waals surface area contributed by atoms with Crippen LogP contribution in [-0.2, 0) is 4.79 Å². The van der Waals surface area contributed by atoms with Crippen LogP contribution in [0.1, 0.15) is 36.2 Å². The molecule has 1 fully saturated rings. The van der Waals surface area contributed by atoms with Crippen LogP contribution in [-0.4, -0.2) is 39.0 Å². The van der Waals surface area contributed by atoms with Gasteiger partial charge in [-0.1, -0.05) is 12.5 Å². The van der Waals surface area contributed by atoms with Crippen LogP contribution in [0.4, 0.5) is 16.3 Å². The first-order valence-corrected chi connectivity index (χ1v) is 9.90. The Morgan fingerprint density at radius 2 is 1.93 bits per heavy atom. The molecule has 1 aliphatic carbocycles. The van der Waals surface area contributed by atoms with Gasteiger partial charge in [0.15, 0.2) is 0 Å². The number of anilines is 2. The van der Waals surface area contributed by atoms with Gasteiger partial charge in [-0.15, -0.1) is 0 Å². The minimum Gasteiger partial charge on any atom is -0.465 e. The zero-order valence-corrected chi connectivity index (χ0v) is 17.0. The molecular formula is C19H20BrN5O4. The molecule has 3 rings (SSSR count). The summed E-state index contributed by atoms with van der Waals surface area (Å²) in [5.74, 6) is -0.491. The van der Waals surface area contributed by atoms with Crippen molar-refractivity contribution >= 4 is 45.3 Å². The summed E-state index contributed by atoms with van der Waals surface area (Å²) in [6.07, 6.45) is 3.09. The highest BCUT2D eigenvalue weighted by molar-refractivity contribution is 9.10. The van der Waals surface area contributed by atoms with E-state index in [1.165, 1.54) is 6.20 Å². The van der Waals surface area contributed by atoms with Gasteiger partial charge in [-0.25, -0.2) is 14.8 Å². The molecule has 9 nitrogen and oxygen atoms in total. The molecule has 2 heterocycles. The van der Waals surface area contributed by atoms with Gasteiger partial charge in [-0.2, -0.15) is 0 Å². The van der Waals surface area contributed by atoms with Gasteiger partial charge < -0.3 is 21.1 Å². The maximum atomic E-state index is 12.5. The summed E-state index contributed by atoms with van der Waals surface area (Å²) < 4.78 is 0.555. The molecule has 10 heteroatoms. The molecule has 4 N–H and O–H groups in total. The van der Waals surface area contributed by atoms with Crippen molar-refractivity contribution in [1.82, 2.24) is 15.3 Å². The summed E-state index contributed by atoms with van der Waals surface area (Å²) in [5.41, 5.74) is 0.752. The standard InChI is InChI=1S/C19H20BrN5O4/c20-15-6-2-5-14(24-15)18(27)25-16-8-7-13(10-21-16)22-17(26)11-3-1-4-12(9-11)23-19(28)29/h2,5-8,10-12,23H,1,3-4,9H2,(H,22,26)(H,28,29)(H,21,25,27)/t11-,12+/m0/s1. The van der Waals surface area contributed by atoms with E-state index in [-0.39, 0.29) is 23.6 Å². The molecule has 3 amide bonds. The molecule has 0 unspecified atom stereocenters. The van der Waals surface area contributed by atoms with Crippen molar-refractivity contribution in [2.45, 2.75) is 31.7 Å². The van der Waals surface area contributed by atoms with Crippen LogP contribution in [0.25, 0.3) is 0 Å². The lowest BCUT2D eigenvalue weighted by Crippen LogP contribution is -2.40. The highest BCUT2D eigenvalue weighted by Crippen LogP contribution is 2.25. The minimum absolute atomic E-state index is 0.168. The predicted octanol–water partition coefficient (Wildman–Crippen LogP) is 3.26. The van der Waals surface area contributed by atoms with Crippen molar-refractivity contribution in [2.75, 3.05) is 10.6 Å². The molecule has 29 heavy (non-hydrogen) atoms. The molecule has 0 radical (unpaired) electrons. The fraction of sp³-hybridized carbons (Fsp3) is 0.316. The molecule has 0 aromatic carbocycles. The first-order valence-electron chi connectivity index (χ1n) is 9.11. The van der Waals surface area contributed by atoms with Crippen molar-refractivity contribution in [1.29, 1.82) is 0 Å². The Balaban J connectivity index is 1.55. The average Bonchev–Trinajstić information content (AvgIpc) is 2.69. The number of carbonyl (C=O) groups excluding carboxylic acids is 2. The summed E-state index contributed by atoms with van der Waals surface area (Å²) in [5, 5.41) is 16.7. The highest BCUT2D eigenvalue weighted by atomic mass is 79.9. The van der Waals surface area contributed by atoms with Crippen molar-refractivity contribution in [2.24, 2.45) is 5.92 Å². The maximum Gasteiger partial charge on any atom is 0.404 e. The maximum absolute atomic E-state index is 12.5. The molecule has 0 saturated heterocycles. The lowest BCUT2D eigenvalue weighted by molar-refractivity contribution is -0.121. The quantitative estimate of drug-likeness (QED) is 0.504. The van der Waals surface area contributed by atoms with E-state index in [1.54, 1.807) is 30.3 Å². The number of hydrogen-bond donors (Lipinski definition) is 4. The fourth-order valence-corrected chi connectivity index (χ4v) is 3.58. The third-order valence-corrected chi connectivity index (χ3v) is 5.03. The Labute approximate surface area is 175 Å². The van der Waals surface area contributed by atoms with Crippen LogP contribution in [0.3, 0.4) is 0 Å². The van der Waals surface area contributed by atoms with E-state index in [4.69, 9.17) is 5.11 Å². The number of nitrogens with one attached hydrogen (secondary N) is 3. The Morgan fingerprint density at radius 3 is 2.62 bits per heavy atom. The van der Waals surface area contributed by atoms with Gasteiger partial charge in [0.1, 0.15) is 16.1 Å². The van der Waals surface area contributed by atoms with Crippen LogP contribution in [0.5, 0.6) is 0 Å². The van der Waals surface area contributed by atoms with Crippen LogP contribution in [0.2, 0.25) is 0 Å². The van der Waals surface area contributed by atoms with Gasteiger partial charge in [-0.05, 0) is 59.5 Å². The first-order chi connectivity index (χ1) is 13.9. The number of nitrogens with zero attached hydrogens (tertiary/aromatic N) is 2. The van der Waals surface area contributed by atoms with Gasteiger partial charge in [0.2, 0.25) is 5.91 Å². The Kier molecular flexibility index (Phi) is 6.76. The second-order valence-electron chi connectivity index (χ2n) is 6.73. The van der Waals surface area contributed by atoms with Gasteiger partial charge in [-0.3, -0.25) is 9.59 Å². The number of carboxylic acid groups (broad SMARTS) is 1. The van der Waals surface area contributed by atoms with E-state index in [2.05, 4.69) is 41.8 Å². The van der Waals surface area contributed by atoms with Crippen molar-refractivity contribution < 1.29 is 19.5 Å². The zero-order chi connectivity index (χ0) is 20.8. The van der Waals surface area contributed by atoms with Gasteiger partial charge in [0.05, 0.1) is 11.9 Å². The Morgan fingerprint density at radius 1 is 1.10 bits per heavy atom. The normalized spacial score (nSPS) is 18.5. The smallest absolute Gasteiger partial charge is 0.404 e. The van der Waals surface area contributed by atoms with E-state index in [0.29, 0.717) is 29.0 Å². The second-order valence-corrected chi connectivity index (χ2v) is 7.54. The summed E-state index contributed by atoms with van der Waals surface area (Å²) in [6, 6.07) is 8.04. The van der Waals surface area contributed by atoms with Crippen LogP contribution < -0.4 is 16.0 Å². The summed E-state index contributed by atoms with van der Waals surface area (Å²) in [4.78, 5) is 43.7. The van der Waals surface area contributed by atoms with E-state index in [1.807, 2.05) is 0 Å². The van der Waals surface area contributed by atoms with Crippen molar-refractivity contribution in [3.63, 3.8) is 0 Å². The summed E-state index contributed by atoms with van der Waals surface area (Å²) in [6.45, 7) is 0. The number of halogens is 1. The van der Waals surface area contributed by atoms with E-state index < -0.39 is 12.0 Å². The molecule has 2 aromatic heterocycles. The number of rotatable bonds is 5. The SMILES string of the molecule is O=C(O)N[C@@H]1CCC[C@H](C(=O)Nc2ccc(NC(=O)c3cccc(Br)n3)nc2)C1. The molecule has 1 saturated carbocycles. The average molecular weight is 462 g/mol. The molecule has 0 spiro atoms. The molecule has 0 aliphatic heterocycles. The molecule has 152 valence electrons. The molecule has 2 aromatic rings. The number of carbonyl (C=O) groups is 3. The Hall–Kier alpha value is -3.01. The van der Waals surface area contributed by atoms with E-state index >= 15 is 0 Å². The zero-order valence-electron chi connectivity index (χ0n) is 15.4. The largest absolute Gasteiger partial charge is 0.465 e. The minimum atomic E-state index is -1.07. The Bertz CT molecular complexity index is 906. The lowest BCUT2D eigenvalue weighted by atomic mass is 9.85. The van der Waals surface area contributed by atoms with Gasteiger partial charge in [0, 0.05) is 12.0 Å². The summed E-state index contributed by atoms with van der Waals surface area (Å²) >= 11 is 3.22. The molecular weight excluding hydrogens is 442 g/mol. The number of amides is 3. The van der Waals surface area contributed by atoms with Gasteiger partial charge in [0.25, 0.3) is 5.91 Å². The summed E-state index contributed by atoms with van der Waals surface area (Å²) in [7, 11) is 0. The van der Waals surface area contributed by atoms with Crippen LogP contribution >= 0.6 is 15.9 Å². The highest BCUT2D eigenvalue weighted by Gasteiger charge is 2.28. The predicted molar refractivity (Wildman–Crippen MR) is 110 cm³/mol.